The molecular weight excluding hydrogens is 308 g/mol. The number of hydrogen-bond donors (Lipinski definition) is 1. The summed E-state index contributed by atoms with van der Waals surface area (Å²) in [6.07, 6.45) is 7.06. The van der Waals surface area contributed by atoms with Crippen molar-refractivity contribution in [3.05, 3.63) is 53.2 Å². The maximum Gasteiger partial charge on any atom is 0.270 e. The summed E-state index contributed by atoms with van der Waals surface area (Å²) in [6, 6.07) is 13.3. The Morgan fingerprint density at radius 2 is 1.74 bits per heavy atom. The molecule has 3 rings (SSSR count). The van der Waals surface area contributed by atoms with E-state index >= 15 is 0 Å². The molecule has 3 nitrogen and oxygen atoms in total. The van der Waals surface area contributed by atoms with Gasteiger partial charge in [0.05, 0.1) is 5.69 Å². The molecule has 1 fully saturated rings. The minimum atomic E-state index is -0.0918. The van der Waals surface area contributed by atoms with Gasteiger partial charge in [0.15, 0.2) is 0 Å². The molecule has 23 heavy (non-hydrogen) atoms. The van der Waals surface area contributed by atoms with E-state index < -0.39 is 0 Å². The van der Waals surface area contributed by atoms with Gasteiger partial charge in [0.2, 0.25) is 0 Å². The molecule has 0 saturated heterocycles. The summed E-state index contributed by atoms with van der Waals surface area (Å²) in [7, 11) is 0. The van der Waals surface area contributed by atoms with Gasteiger partial charge in [0, 0.05) is 16.6 Å². The molecule has 120 valence electrons. The quantitative estimate of drug-likeness (QED) is 0.818. The Hall–Kier alpha value is -1.87. The van der Waals surface area contributed by atoms with Gasteiger partial charge in [-0.3, -0.25) is 4.79 Å². The third kappa shape index (κ3) is 4.11. The molecule has 1 saturated carbocycles. The molecule has 1 heterocycles. The zero-order valence-electron chi connectivity index (χ0n) is 13.1. The van der Waals surface area contributed by atoms with Gasteiger partial charge in [-0.15, -0.1) is 0 Å². The molecule has 0 unspecified atom stereocenters. The van der Waals surface area contributed by atoms with Crippen molar-refractivity contribution >= 4 is 17.5 Å². The number of hydrogen-bond acceptors (Lipinski definition) is 2. The van der Waals surface area contributed by atoms with Crippen molar-refractivity contribution < 1.29 is 4.79 Å². The Balaban J connectivity index is 1.76. The molecule has 1 aliphatic carbocycles. The third-order valence-electron chi connectivity index (χ3n) is 4.32. The van der Waals surface area contributed by atoms with E-state index in [1.54, 1.807) is 6.07 Å². The zero-order valence-corrected chi connectivity index (χ0v) is 13.9. The summed E-state index contributed by atoms with van der Waals surface area (Å²) in [5.41, 5.74) is 2.02. The molecule has 1 amide bonds. The fourth-order valence-corrected chi connectivity index (χ4v) is 3.30. The number of carbonyl (C=O) groups excluding carboxylic acids is 1. The molecule has 4 heteroatoms. The van der Waals surface area contributed by atoms with E-state index in [2.05, 4.69) is 10.3 Å². The largest absolute Gasteiger partial charge is 0.348 e. The monoisotopic (exact) mass is 328 g/mol. The summed E-state index contributed by atoms with van der Waals surface area (Å²) in [5, 5.41) is 3.77. The highest BCUT2D eigenvalue weighted by molar-refractivity contribution is 6.33. The Morgan fingerprint density at radius 1 is 1.00 bits per heavy atom. The first kappa shape index (κ1) is 16.0. The Bertz CT molecular complexity index is 679. The summed E-state index contributed by atoms with van der Waals surface area (Å²) < 4.78 is 0. The lowest BCUT2D eigenvalue weighted by atomic mass is 10.1. The lowest BCUT2D eigenvalue weighted by Gasteiger charge is -2.16. The Kier molecular flexibility index (Phi) is 5.29. The van der Waals surface area contributed by atoms with E-state index in [9.17, 15) is 4.79 Å². The molecule has 1 aliphatic rings. The van der Waals surface area contributed by atoms with E-state index in [1.165, 1.54) is 25.7 Å². The van der Waals surface area contributed by atoms with Crippen LogP contribution in [0.25, 0.3) is 11.3 Å². The number of pyridine rings is 1. The van der Waals surface area contributed by atoms with E-state index in [-0.39, 0.29) is 11.9 Å². The van der Waals surface area contributed by atoms with Crippen molar-refractivity contribution in [1.29, 1.82) is 0 Å². The molecule has 0 spiro atoms. The number of benzene rings is 1. The van der Waals surface area contributed by atoms with Gasteiger partial charge in [-0.05, 0) is 31.0 Å². The predicted octanol–water partition coefficient (Wildman–Crippen LogP) is 4.85. The standard InChI is InChI=1S/C19H21ClN2O/c20-16-11-6-5-10-15(16)17-12-7-13-18(22-17)19(23)21-14-8-3-1-2-4-9-14/h5-7,10-14H,1-4,8-9H2,(H,21,23). The molecule has 1 aromatic carbocycles. The van der Waals surface area contributed by atoms with Crippen LogP contribution in [0.2, 0.25) is 5.02 Å². The highest BCUT2D eigenvalue weighted by Gasteiger charge is 2.17. The number of nitrogens with zero attached hydrogens (tertiary/aromatic N) is 1. The SMILES string of the molecule is O=C(NC1CCCCCC1)c1cccc(-c2ccccc2Cl)n1. The summed E-state index contributed by atoms with van der Waals surface area (Å²) in [5.74, 6) is -0.0918. The second-order valence-corrected chi connectivity index (χ2v) is 6.46. The van der Waals surface area contributed by atoms with Crippen LogP contribution < -0.4 is 5.32 Å². The van der Waals surface area contributed by atoms with Gasteiger partial charge < -0.3 is 5.32 Å². The number of amides is 1. The Labute approximate surface area is 142 Å². The lowest BCUT2D eigenvalue weighted by Crippen LogP contribution is -2.34. The van der Waals surface area contributed by atoms with Gasteiger partial charge in [-0.25, -0.2) is 4.98 Å². The average Bonchev–Trinajstić information content (AvgIpc) is 2.84. The van der Waals surface area contributed by atoms with E-state index in [4.69, 9.17) is 11.6 Å². The van der Waals surface area contributed by atoms with Crippen LogP contribution in [0.3, 0.4) is 0 Å². The fourth-order valence-electron chi connectivity index (χ4n) is 3.06. The molecule has 0 bridgehead atoms. The average molecular weight is 329 g/mol. The maximum absolute atomic E-state index is 12.5. The second-order valence-electron chi connectivity index (χ2n) is 6.05. The van der Waals surface area contributed by atoms with E-state index in [0.717, 1.165) is 24.1 Å². The van der Waals surface area contributed by atoms with Crippen molar-refractivity contribution in [2.24, 2.45) is 0 Å². The number of halogens is 1. The van der Waals surface area contributed by atoms with Gasteiger partial charge >= 0.3 is 0 Å². The smallest absolute Gasteiger partial charge is 0.270 e. The van der Waals surface area contributed by atoms with Crippen LogP contribution in [0, 0.1) is 0 Å². The highest BCUT2D eigenvalue weighted by atomic mass is 35.5. The van der Waals surface area contributed by atoms with Crippen molar-refractivity contribution in [3.63, 3.8) is 0 Å². The summed E-state index contributed by atoms with van der Waals surface area (Å²) in [6.45, 7) is 0. The fraction of sp³-hybridized carbons (Fsp3) is 0.368. The molecule has 0 radical (unpaired) electrons. The molecule has 2 aromatic rings. The van der Waals surface area contributed by atoms with Crippen molar-refractivity contribution in [1.82, 2.24) is 10.3 Å². The first-order valence-electron chi connectivity index (χ1n) is 8.27. The van der Waals surface area contributed by atoms with Crippen molar-refractivity contribution in [2.45, 2.75) is 44.6 Å². The van der Waals surface area contributed by atoms with Crippen LogP contribution in [0.5, 0.6) is 0 Å². The first-order chi connectivity index (χ1) is 11.2. The van der Waals surface area contributed by atoms with Crippen LogP contribution in [0.1, 0.15) is 49.0 Å². The molecular formula is C19H21ClN2O. The normalized spacial score (nSPS) is 15.9. The van der Waals surface area contributed by atoms with Crippen LogP contribution in [-0.2, 0) is 0 Å². The molecule has 1 aromatic heterocycles. The minimum absolute atomic E-state index is 0.0918. The topological polar surface area (TPSA) is 42.0 Å². The third-order valence-corrected chi connectivity index (χ3v) is 4.65. The van der Waals surface area contributed by atoms with Gasteiger partial charge in [0.1, 0.15) is 5.69 Å². The van der Waals surface area contributed by atoms with Gasteiger partial charge in [0.25, 0.3) is 5.91 Å². The lowest BCUT2D eigenvalue weighted by molar-refractivity contribution is 0.0928. The molecule has 0 atom stereocenters. The maximum atomic E-state index is 12.5. The molecule has 1 N–H and O–H groups in total. The Morgan fingerprint density at radius 3 is 2.48 bits per heavy atom. The number of rotatable bonds is 3. The van der Waals surface area contributed by atoms with Gasteiger partial charge in [-0.1, -0.05) is 61.5 Å². The second kappa shape index (κ2) is 7.60. The number of carbonyl (C=O) groups is 1. The minimum Gasteiger partial charge on any atom is -0.348 e. The van der Waals surface area contributed by atoms with Crippen molar-refractivity contribution in [3.8, 4) is 11.3 Å². The number of aromatic nitrogens is 1. The van der Waals surface area contributed by atoms with Crippen LogP contribution in [-0.4, -0.2) is 16.9 Å². The highest BCUT2D eigenvalue weighted by Crippen LogP contribution is 2.26. The molecule has 0 aliphatic heterocycles. The van der Waals surface area contributed by atoms with Crippen LogP contribution in [0.15, 0.2) is 42.5 Å². The van der Waals surface area contributed by atoms with Crippen LogP contribution in [0.4, 0.5) is 0 Å². The first-order valence-corrected chi connectivity index (χ1v) is 8.64. The number of nitrogens with one attached hydrogen (secondary N) is 1. The van der Waals surface area contributed by atoms with Crippen LogP contribution >= 0.6 is 11.6 Å². The summed E-state index contributed by atoms with van der Waals surface area (Å²) >= 11 is 6.22. The zero-order chi connectivity index (χ0) is 16.1. The van der Waals surface area contributed by atoms with E-state index in [1.807, 2.05) is 36.4 Å². The van der Waals surface area contributed by atoms with Gasteiger partial charge in [-0.2, -0.15) is 0 Å². The predicted molar refractivity (Wildman–Crippen MR) is 93.6 cm³/mol. The van der Waals surface area contributed by atoms with E-state index in [0.29, 0.717) is 10.7 Å². The van der Waals surface area contributed by atoms with Crippen molar-refractivity contribution in [2.75, 3.05) is 0 Å². The summed E-state index contributed by atoms with van der Waals surface area (Å²) in [4.78, 5) is 17.0.